The third-order valence-electron chi connectivity index (χ3n) is 15.9. The molecule has 1 atom stereocenters. The first-order valence-electron chi connectivity index (χ1n) is 35.9. The van der Waals surface area contributed by atoms with Gasteiger partial charge in [-0.25, -0.2) is 0 Å². The molecular weight excluding hydrogens is 1010 g/mol. The monoisotopic (exact) mass is 1150 g/mol. The second kappa shape index (κ2) is 70.3. The van der Waals surface area contributed by atoms with E-state index in [4.69, 9.17) is 14.2 Å². The number of unbranched alkanes of at least 4 members (excludes halogenated alkanes) is 43. The zero-order valence-electron chi connectivity index (χ0n) is 54.8. The van der Waals surface area contributed by atoms with Gasteiger partial charge in [0.25, 0.3) is 0 Å². The third kappa shape index (κ3) is 67.6. The minimum absolute atomic E-state index is 0.0808. The lowest BCUT2D eigenvalue weighted by atomic mass is 10.0. The Bertz CT molecular complexity index is 1500. The SMILES string of the molecule is CC/C=C\C/C=C\C/C=C\CCCCCCCC(=O)OCC(COC(=O)CCCCCCCCCCCCCCCCCCCCCCC/C=C\C/C=C\CCCCCCC)OC(=O)CCCCCCC/C=C\CCCCCCCCC. The normalized spacial score (nSPS) is 12.5. The van der Waals surface area contributed by atoms with Gasteiger partial charge in [-0.15, -0.1) is 0 Å². The summed E-state index contributed by atoms with van der Waals surface area (Å²) in [5.74, 6) is -0.887. The van der Waals surface area contributed by atoms with Gasteiger partial charge in [0.1, 0.15) is 13.2 Å². The highest BCUT2D eigenvalue weighted by molar-refractivity contribution is 5.71. The van der Waals surface area contributed by atoms with E-state index in [0.29, 0.717) is 19.3 Å². The van der Waals surface area contributed by atoms with Crippen molar-refractivity contribution in [3.8, 4) is 0 Å². The molecular formula is C76H136O6. The van der Waals surface area contributed by atoms with Crippen molar-refractivity contribution in [2.75, 3.05) is 13.2 Å². The first kappa shape index (κ1) is 78.8. The van der Waals surface area contributed by atoms with E-state index in [1.807, 2.05) is 0 Å². The van der Waals surface area contributed by atoms with Crippen LogP contribution < -0.4 is 0 Å². The highest BCUT2D eigenvalue weighted by Crippen LogP contribution is 2.18. The molecule has 476 valence electrons. The van der Waals surface area contributed by atoms with Gasteiger partial charge in [-0.3, -0.25) is 14.4 Å². The van der Waals surface area contributed by atoms with E-state index < -0.39 is 6.10 Å². The Kier molecular flexibility index (Phi) is 67.6. The summed E-state index contributed by atoms with van der Waals surface area (Å²) in [5.41, 5.74) is 0. The summed E-state index contributed by atoms with van der Waals surface area (Å²) in [6.45, 7) is 6.54. The molecule has 0 fully saturated rings. The predicted octanol–water partition coefficient (Wildman–Crippen LogP) is 24.8. The molecule has 0 saturated carbocycles. The van der Waals surface area contributed by atoms with E-state index in [2.05, 4.69) is 93.7 Å². The Labute approximate surface area is 510 Å². The molecule has 1 unspecified atom stereocenters. The lowest BCUT2D eigenvalue weighted by Crippen LogP contribution is -2.30. The topological polar surface area (TPSA) is 78.9 Å². The molecule has 0 aliphatic heterocycles. The van der Waals surface area contributed by atoms with Gasteiger partial charge in [-0.2, -0.15) is 0 Å². The Hall–Kier alpha value is -3.15. The Morgan fingerprint density at radius 2 is 0.476 bits per heavy atom. The first-order chi connectivity index (χ1) is 40.5. The van der Waals surface area contributed by atoms with Crippen LogP contribution in [0.4, 0.5) is 0 Å². The highest BCUT2D eigenvalue weighted by Gasteiger charge is 2.19. The van der Waals surface area contributed by atoms with Crippen molar-refractivity contribution >= 4 is 17.9 Å². The maximum atomic E-state index is 12.9. The fourth-order valence-electron chi connectivity index (χ4n) is 10.5. The Morgan fingerprint density at radius 1 is 0.256 bits per heavy atom. The minimum atomic E-state index is -0.787. The molecule has 6 nitrogen and oxygen atoms in total. The van der Waals surface area contributed by atoms with Crippen molar-refractivity contribution in [3.63, 3.8) is 0 Å². The maximum absolute atomic E-state index is 12.9. The van der Waals surface area contributed by atoms with E-state index >= 15 is 0 Å². The molecule has 0 spiro atoms. The second-order valence-corrected chi connectivity index (χ2v) is 24.1. The molecule has 0 aliphatic carbocycles. The van der Waals surface area contributed by atoms with Crippen LogP contribution in [0.1, 0.15) is 374 Å². The third-order valence-corrected chi connectivity index (χ3v) is 15.9. The van der Waals surface area contributed by atoms with Gasteiger partial charge < -0.3 is 14.2 Å². The number of hydrogen-bond donors (Lipinski definition) is 0. The quantitative estimate of drug-likeness (QED) is 0.0261. The number of esters is 3. The number of ether oxygens (including phenoxy) is 3. The van der Waals surface area contributed by atoms with Crippen molar-refractivity contribution in [3.05, 3.63) is 72.9 Å². The predicted molar refractivity (Wildman–Crippen MR) is 358 cm³/mol. The molecule has 0 radical (unpaired) electrons. The van der Waals surface area contributed by atoms with E-state index in [1.165, 1.54) is 218 Å². The van der Waals surface area contributed by atoms with Crippen LogP contribution in [0.3, 0.4) is 0 Å². The van der Waals surface area contributed by atoms with Crippen molar-refractivity contribution in [2.45, 2.75) is 380 Å². The van der Waals surface area contributed by atoms with Gasteiger partial charge in [0.2, 0.25) is 0 Å². The number of allylic oxidation sites excluding steroid dienone is 12. The van der Waals surface area contributed by atoms with Gasteiger partial charge in [-0.1, -0.05) is 318 Å². The van der Waals surface area contributed by atoms with Gasteiger partial charge in [0.15, 0.2) is 6.10 Å². The molecule has 0 heterocycles. The van der Waals surface area contributed by atoms with Gasteiger partial charge in [-0.05, 0) is 109 Å². The molecule has 0 aromatic rings. The van der Waals surface area contributed by atoms with Crippen LogP contribution in [0, 0.1) is 0 Å². The van der Waals surface area contributed by atoms with E-state index in [0.717, 1.165) is 116 Å². The van der Waals surface area contributed by atoms with Crippen molar-refractivity contribution in [1.82, 2.24) is 0 Å². The molecule has 0 N–H and O–H groups in total. The smallest absolute Gasteiger partial charge is 0.306 e. The van der Waals surface area contributed by atoms with Crippen LogP contribution in [0.2, 0.25) is 0 Å². The number of carbonyl (C=O) groups is 3. The summed E-state index contributed by atoms with van der Waals surface area (Å²) in [7, 11) is 0. The van der Waals surface area contributed by atoms with E-state index in [-0.39, 0.29) is 31.1 Å². The number of hydrogen-bond acceptors (Lipinski definition) is 6. The summed E-state index contributed by atoms with van der Waals surface area (Å²) >= 11 is 0. The summed E-state index contributed by atoms with van der Waals surface area (Å²) in [6, 6.07) is 0. The fraction of sp³-hybridized carbons (Fsp3) is 0.803. The molecule has 0 bridgehead atoms. The molecule has 0 aliphatic rings. The second-order valence-electron chi connectivity index (χ2n) is 24.1. The molecule has 82 heavy (non-hydrogen) atoms. The van der Waals surface area contributed by atoms with Crippen molar-refractivity contribution < 1.29 is 28.6 Å². The summed E-state index contributed by atoms with van der Waals surface area (Å²) < 4.78 is 17.0. The molecule has 0 amide bonds. The molecule has 0 aromatic heterocycles. The fourth-order valence-corrected chi connectivity index (χ4v) is 10.5. The minimum Gasteiger partial charge on any atom is -0.462 e. The summed E-state index contributed by atoms with van der Waals surface area (Å²) in [6.07, 6.45) is 92.3. The lowest BCUT2D eigenvalue weighted by molar-refractivity contribution is -0.167. The van der Waals surface area contributed by atoms with Crippen molar-refractivity contribution in [2.24, 2.45) is 0 Å². The van der Waals surface area contributed by atoms with Crippen LogP contribution >= 0.6 is 0 Å². The summed E-state index contributed by atoms with van der Waals surface area (Å²) in [5, 5.41) is 0. The van der Waals surface area contributed by atoms with Crippen LogP contribution in [-0.4, -0.2) is 37.2 Å². The lowest BCUT2D eigenvalue weighted by Gasteiger charge is -2.18. The van der Waals surface area contributed by atoms with Gasteiger partial charge in [0.05, 0.1) is 0 Å². The standard InChI is InChI=1S/C76H136O6/c1-4-7-10-13-16-19-22-25-28-30-31-32-33-34-35-36-37-38-39-40-41-42-43-44-45-46-49-51-54-57-60-63-66-69-75(78)81-72-73(71-80-74(77)68-65-62-59-56-53-50-47-27-24-21-18-15-12-9-6-3)82-76(79)70-67-64-61-58-55-52-48-29-26-23-20-17-14-11-8-5-2/h9,12,18,21-22,25,27,29-31,47-48,73H,4-8,10-11,13-17,19-20,23-24,26,28,32-46,49-72H2,1-3H3/b12-9-,21-18-,25-22-,31-30-,47-27-,48-29-. The average molecular weight is 1150 g/mol. The van der Waals surface area contributed by atoms with Gasteiger partial charge >= 0.3 is 17.9 Å². The van der Waals surface area contributed by atoms with Gasteiger partial charge in [0, 0.05) is 19.3 Å². The largest absolute Gasteiger partial charge is 0.462 e. The first-order valence-corrected chi connectivity index (χ1v) is 35.9. The van der Waals surface area contributed by atoms with Crippen LogP contribution in [0.15, 0.2) is 72.9 Å². The van der Waals surface area contributed by atoms with Crippen LogP contribution in [0.5, 0.6) is 0 Å². The average Bonchev–Trinajstić information content (AvgIpc) is 3.47. The zero-order valence-corrected chi connectivity index (χ0v) is 54.8. The molecule has 0 saturated heterocycles. The molecule has 6 heteroatoms. The van der Waals surface area contributed by atoms with E-state index in [9.17, 15) is 14.4 Å². The Balaban J connectivity index is 4.16. The van der Waals surface area contributed by atoms with Crippen molar-refractivity contribution in [1.29, 1.82) is 0 Å². The zero-order chi connectivity index (χ0) is 59.2. The van der Waals surface area contributed by atoms with Crippen LogP contribution in [0.25, 0.3) is 0 Å². The Morgan fingerprint density at radius 3 is 0.756 bits per heavy atom. The van der Waals surface area contributed by atoms with Crippen LogP contribution in [-0.2, 0) is 28.6 Å². The molecule has 0 aromatic carbocycles. The van der Waals surface area contributed by atoms with E-state index in [1.54, 1.807) is 0 Å². The highest BCUT2D eigenvalue weighted by atomic mass is 16.6. The maximum Gasteiger partial charge on any atom is 0.306 e. The number of rotatable bonds is 66. The molecule has 0 rings (SSSR count). The number of carbonyl (C=O) groups excluding carboxylic acids is 3. The summed E-state index contributed by atoms with van der Waals surface area (Å²) in [4.78, 5) is 38.4.